The van der Waals surface area contributed by atoms with Crippen LogP contribution in [-0.4, -0.2) is 12.0 Å². The number of ether oxygens (including phenoxy) is 1. The van der Waals surface area contributed by atoms with Crippen LogP contribution in [0.4, 0.5) is 0 Å². The number of aryl methyl sites for hydroxylation is 1. The Bertz CT molecular complexity index is 385. The van der Waals surface area contributed by atoms with Gasteiger partial charge in [-0.3, -0.25) is 0 Å². The topological polar surface area (TPSA) is 9.23 Å². The summed E-state index contributed by atoms with van der Waals surface area (Å²) in [4.78, 5) is 0. The Morgan fingerprint density at radius 2 is 2.13 bits per heavy atom. The first-order valence-electron chi connectivity index (χ1n) is 4.95. The van der Waals surface area contributed by atoms with E-state index in [1.54, 1.807) is 0 Å². The minimum absolute atomic E-state index is 0.198. The molecule has 0 aromatic heterocycles. The van der Waals surface area contributed by atoms with E-state index < -0.39 is 0 Å². The number of rotatable bonds is 2. The van der Waals surface area contributed by atoms with Gasteiger partial charge in [0.2, 0.25) is 0 Å². The SMILES string of the molecule is Cc1cc(C#CCCl)ccc1OC(C)C. The van der Waals surface area contributed by atoms with E-state index in [2.05, 4.69) is 11.8 Å². The Labute approximate surface area is 96.4 Å². The first-order valence-corrected chi connectivity index (χ1v) is 5.49. The molecule has 0 aliphatic heterocycles. The van der Waals surface area contributed by atoms with Crippen LogP contribution >= 0.6 is 11.6 Å². The molecule has 0 aliphatic rings. The van der Waals surface area contributed by atoms with Gasteiger partial charge in [0.15, 0.2) is 0 Å². The molecule has 0 bridgehead atoms. The van der Waals surface area contributed by atoms with Crippen molar-refractivity contribution in [3.8, 4) is 17.6 Å². The van der Waals surface area contributed by atoms with Crippen LogP contribution in [0.2, 0.25) is 0 Å². The lowest BCUT2D eigenvalue weighted by Crippen LogP contribution is -2.06. The van der Waals surface area contributed by atoms with Crippen LogP contribution < -0.4 is 4.74 Å². The summed E-state index contributed by atoms with van der Waals surface area (Å²) in [5.74, 6) is 7.09. The van der Waals surface area contributed by atoms with Crippen LogP contribution in [0, 0.1) is 18.8 Å². The second kappa shape index (κ2) is 5.68. The van der Waals surface area contributed by atoms with Crippen molar-refractivity contribution in [2.24, 2.45) is 0 Å². The predicted octanol–water partition coefficient (Wildman–Crippen LogP) is 3.37. The van der Waals surface area contributed by atoms with Crippen LogP contribution in [-0.2, 0) is 0 Å². The molecule has 0 N–H and O–H groups in total. The quantitative estimate of drug-likeness (QED) is 0.551. The van der Waals surface area contributed by atoms with E-state index in [4.69, 9.17) is 16.3 Å². The standard InChI is InChI=1S/C13H15ClO/c1-10(2)15-13-7-6-12(5-4-8-14)9-11(13)3/h6-7,9-10H,8H2,1-3H3. The number of hydrogen-bond acceptors (Lipinski definition) is 1. The second-order valence-electron chi connectivity index (χ2n) is 3.58. The first kappa shape index (κ1) is 11.9. The van der Waals surface area contributed by atoms with Gasteiger partial charge in [0.05, 0.1) is 12.0 Å². The largest absolute Gasteiger partial charge is 0.491 e. The third-order valence-electron chi connectivity index (χ3n) is 1.84. The molecule has 15 heavy (non-hydrogen) atoms. The van der Waals surface area contributed by atoms with Crippen molar-refractivity contribution in [2.75, 3.05) is 5.88 Å². The van der Waals surface area contributed by atoms with Gasteiger partial charge < -0.3 is 4.74 Å². The van der Waals surface area contributed by atoms with Gasteiger partial charge >= 0.3 is 0 Å². The van der Waals surface area contributed by atoms with E-state index in [9.17, 15) is 0 Å². The van der Waals surface area contributed by atoms with Gasteiger partial charge in [0, 0.05) is 5.56 Å². The molecule has 0 heterocycles. The fraction of sp³-hybridized carbons (Fsp3) is 0.385. The van der Waals surface area contributed by atoms with Crippen molar-refractivity contribution < 1.29 is 4.74 Å². The lowest BCUT2D eigenvalue weighted by molar-refractivity contribution is 0.241. The maximum absolute atomic E-state index is 5.63. The summed E-state index contributed by atoms with van der Waals surface area (Å²) in [6.45, 7) is 6.05. The average molecular weight is 223 g/mol. The van der Waals surface area contributed by atoms with E-state index in [1.807, 2.05) is 39.0 Å². The summed E-state index contributed by atoms with van der Waals surface area (Å²) in [5.41, 5.74) is 2.08. The summed E-state index contributed by atoms with van der Waals surface area (Å²) < 4.78 is 5.63. The van der Waals surface area contributed by atoms with Crippen molar-refractivity contribution in [1.82, 2.24) is 0 Å². The van der Waals surface area contributed by atoms with E-state index >= 15 is 0 Å². The highest BCUT2D eigenvalue weighted by molar-refractivity contribution is 6.19. The van der Waals surface area contributed by atoms with Crippen molar-refractivity contribution in [1.29, 1.82) is 0 Å². The lowest BCUT2D eigenvalue weighted by Gasteiger charge is -2.12. The van der Waals surface area contributed by atoms with Gasteiger partial charge in [0.1, 0.15) is 5.75 Å². The molecule has 0 saturated heterocycles. The summed E-state index contributed by atoms with van der Waals surface area (Å²) >= 11 is 5.49. The highest BCUT2D eigenvalue weighted by Crippen LogP contribution is 2.19. The maximum Gasteiger partial charge on any atom is 0.122 e. The molecule has 1 aromatic rings. The van der Waals surface area contributed by atoms with Crippen molar-refractivity contribution in [3.05, 3.63) is 29.3 Å². The zero-order valence-electron chi connectivity index (χ0n) is 9.30. The van der Waals surface area contributed by atoms with Crippen LogP contribution in [0.1, 0.15) is 25.0 Å². The Balaban J connectivity index is 2.88. The number of benzene rings is 1. The molecule has 0 amide bonds. The fourth-order valence-electron chi connectivity index (χ4n) is 1.25. The monoisotopic (exact) mass is 222 g/mol. The molecule has 1 aromatic carbocycles. The lowest BCUT2D eigenvalue weighted by atomic mass is 10.1. The molecule has 1 rings (SSSR count). The smallest absolute Gasteiger partial charge is 0.122 e. The molecule has 0 unspecified atom stereocenters. The maximum atomic E-state index is 5.63. The Kier molecular flexibility index (Phi) is 4.52. The molecule has 2 heteroatoms. The molecule has 0 spiro atoms. The molecule has 0 atom stereocenters. The van der Waals surface area contributed by atoms with Gasteiger partial charge in [-0.2, -0.15) is 0 Å². The molecular formula is C13H15ClO. The third kappa shape index (κ3) is 3.85. The molecule has 0 saturated carbocycles. The minimum atomic E-state index is 0.198. The van der Waals surface area contributed by atoms with Gasteiger partial charge in [-0.25, -0.2) is 0 Å². The van der Waals surface area contributed by atoms with Crippen molar-refractivity contribution >= 4 is 11.6 Å². The Morgan fingerprint density at radius 1 is 1.40 bits per heavy atom. The molecule has 0 fully saturated rings. The zero-order chi connectivity index (χ0) is 11.3. The molecular weight excluding hydrogens is 208 g/mol. The normalized spacial score (nSPS) is 9.67. The molecule has 80 valence electrons. The molecule has 1 nitrogen and oxygen atoms in total. The van der Waals surface area contributed by atoms with Gasteiger partial charge in [-0.15, -0.1) is 11.6 Å². The zero-order valence-corrected chi connectivity index (χ0v) is 10.1. The number of hydrogen-bond donors (Lipinski definition) is 0. The number of alkyl halides is 1. The summed E-state index contributed by atoms with van der Waals surface area (Å²) in [6.07, 6.45) is 0.198. The second-order valence-corrected chi connectivity index (χ2v) is 3.85. The highest BCUT2D eigenvalue weighted by Gasteiger charge is 2.01. The summed E-state index contributed by atoms with van der Waals surface area (Å²) in [5, 5.41) is 0. The van der Waals surface area contributed by atoms with E-state index in [-0.39, 0.29) is 6.10 Å². The van der Waals surface area contributed by atoms with E-state index in [0.29, 0.717) is 5.88 Å². The minimum Gasteiger partial charge on any atom is -0.491 e. The first-order chi connectivity index (χ1) is 7.13. The van der Waals surface area contributed by atoms with Gasteiger partial charge in [-0.1, -0.05) is 11.8 Å². The predicted molar refractivity (Wildman–Crippen MR) is 64.5 cm³/mol. The molecule has 0 aliphatic carbocycles. The third-order valence-corrected chi connectivity index (χ3v) is 1.97. The highest BCUT2D eigenvalue weighted by atomic mass is 35.5. The van der Waals surface area contributed by atoms with Gasteiger partial charge in [0.25, 0.3) is 0 Å². The average Bonchev–Trinajstić information content (AvgIpc) is 2.18. The summed E-state index contributed by atoms with van der Waals surface area (Å²) in [6, 6.07) is 5.91. The van der Waals surface area contributed by atoms with Crippen LogP contribution in [0.25, 0.3) is 0 Å². The van der Waals surface area contributed by atoms with Crippen LogP contribution in [0.5, 0.6) is 5.75 Å². The van der Waals surface area contributed by atoms with Crippen LogP contribution in [0.15, 0.2) is 18.2 Å². The number of halogens is 1. The summed E-state index contributed by atoms with van der Waals surface area (Å²) in [7, 11) is 0. The Hall–Kier alpha value is -1.13. The fourth-order valence-corrected chi connectivity index (χ4v) is 1.32. The van der Waals surface area contributed by atoms with Crippen LogP contribution in [0.3, 0.4) is 0 Å². The molecule has 0 radical (unpaired) electrons. The van der Waals surface area contributed by atoms with Crippen molar-refractivity contribution in [2.45, 2.75) is 26.9 Å². The van der Waals surface area contributed by atoms with E-state index in [0.717, 1.165) is 16.9 Å². The van der Waals surface area contributed by atoms with E-state index in [1.165, 1.54) is 0 Å². The Morgan fingerprint density at radius 3 is 2.67 bits per heavy atom. The van der Waals surface area contributed by atoms with Gasteiger partial charge in [-0.05, 0) is 44.5 Å². The van der Waals surface area contributed by atoms with Crippen molar-refractivity contribution in [3.63, 3.8) is 0 Å².